The van der Waals surface area contributed by atoms with Crippen molar-refractivity contribution in [1.82, 2.24) is 9.13 Å². The molecule has 54 heavy (non-hydrogen) atoms. The number of fused-ring (bicyclic) bond motifs is 6. The Morgan fingerprint density at radius 3 is 1.19 bits per heavy atom. The number of nitrogens with zero attached hydrogens (tertiary/aromatic N) is 4. The van der Waals surface area contributed by atoms with Crippen LogP contribution < -0.4 is 0 Å². The molecule has 0 saturated carbocycles. The van der Waals surface area contributed by atoms with Crippen LogP contribution in [-0.4, -0.2) is 9.13 Å². The molecule has 10 rings (SSSR count). The van der Waals surface area contributed by atoms with Crippen LogP contribution in [0.4, 0.5) is 5.69 Å². The summed E-state index contributed by atoms with van der Waals surface area (Å²) in [6.07, 6.45) is 0. The highest BCUT2D eigenvalue weighted by atomic mass is 15.0. The molecule has 0 aliphatic heterocycles. The summed E-state index contributed by atoms with van der Waals surface area (Å²) in [5.41, 5.74) is 14.1. The summed E-state index contributed by atoms with van der Waals surface area (Å²) in [6.45, 7) is 7.73. The van der Waals surface area contributed by atoms with Gasteiger partial charge in [0.05, 0.1) is 34.7 Å². The largest absolute Gasteiger partial charge is 0.310 e. The third-order valence-corrected chi connectivity index (χ3v) is 10.5. The minimum Gasteiger partial charge on any atom is -0.310 e. The zero-order valence-corrected chi connectivity index (χ0v) is 29.1. The van der Waals surface area contributed by atoms with Crippen LogP contribution in [0.3, 0.4) is 0 Å². The van der Waals surface area contributed by atoms with Crippen molar-refractivity contribution in [3.63, 3.8) is 0 Å². The minimum atomic E-state index is 0.440. The van der Waals surface area contributed by atoms with Gasteiger partial charge in [-0.1, -0.05) is 103 Å². The van der Waals surface area contributed by atoms with Gasteiger partial charge in [0, 0.05) is 38.5 Å². The standard InChI is InChI=1S/C50H30N4/c1-52-40-25-33(32-51)26-42(31-40)54-49-22-18-37(35-13-7-3-8-14-35)28-44(49)46-30-39(20-24-50(46)54)38-19-23-48-45(29-38)43-27-36(34-11-5-2-6-12-34)17-21-47(43)53(48)41-15-9-4-10-16-41/h2-31H. The third kappa shape index (κ3) is 5.06. The van der Waals surface area contributed by atoms with Crippen LogP contribution >= 0.6 is 0 Å². The Labute approximate surface area is 312 Å². The molecule has 2 heterocycles. The van der Waals surface area contributed by atoms with Gasteiger partial charge in [-0.2, -0.15) is 5.26 Å². The Balaban J connectivity index is 1.21. The first-order chi connectivity index (χ1) is 26.7. The van der Waals surface area contributed by atoms with E-state index in [1.165, 1.54) is 27.4 Å². The molecule has 0 radical (unpaired) electrons. The monoisotopic (exact) mass is 686 g/mol. The van der Waals surface area contributed by atoms with Crippen molar-refractivity contribution >= 4 is 49.3 Å². The number of rotatable bonds is 5. The van der Waals surface area contributed by atoms with Gasteiger partial charge in [-0.05, 0) is 112 Å². The molecule has 0 unspecified atom stereocenters. The van der Waals surface area contributed by atoms with Crippen LogP contribution in [0.25, 0.3) is 93.2 Å². The zero-order valence-electron chi connectivity index (χ0n) is 29.1. The summed E-state index contributed by atoms with van der Waals surface area (Å²) < 4.78 is 4.54. The third-order valence-electron chi connectivity index (χ3n) is 10.5. The number of hydrogen-bond donors (Lipinski definition) is 0. The zero-order chi connectivity index (χ0) is 36.2. The lowest BCUT2D eigenvalue weighted by Gasteiger charge is -2.10. The highest BCUT2D eigenvalue weighted by Gasteiger charge is 2.18. The lowest BCUT2D eigenvalue weighted by molar-refractivity contribution is 1.18. The fourth-order valence-corrected chi connectivity index (χ4v) is 8.01. The van der Waals surface area contributed by atoms with Crippen LogP contribution in [0.2, 0.25) is 0 Å². The molecule has 250 valence electrons. The van der Waals surface area contributed by atoms with E-state index in [1.807, 2.05) is 18.2 Å². The molecule has 0 amide bonds. The van der Waals surface area contributed by atoms with Crippen molar-refractivity contribution in [1.29, 1.82) is 5.26 Å². The smallest absolute Gasteiger partial charge is 0.190 e. The van der Waals surface area contributed by atoms with Crippen LogP contribution in [0.1, 0.15) is 5.56 Å². The van der Waals surface area contributed by atoms with Gasteiger partial charge in [-0.3, -0.25) is 0 Å². The van der Waals surface area contributed by atoms with Gasteiger partial charge in [0.15, 0.2) is 5.69 Å². The molecular formula is C50H30N4. The number of benzene rings is 8. The first-order valence-electron chi connectivity index (χ1n) is 17.9. The maximum absolute atomic E-state index is 9.85. The number of aromatic nitrogens is 2. The topological polar surface area (TPSA) is 38.0 Å². The van der Waals surface area contributed by atoms with Gasteiger partial charge in [-0.25, -0.2) is 4.85 Å². The molecule has 2 aromatic heterocycles. The molecule has 4 nitrogen and oxygen atoms in total. The Hall–Kier alpha value is -7.66. The second-order valence-corrected chi connectivity index (χ2v) is 13.6. The molecule has 0 N–H and O–H groups in total. The molecule has 8 aromatic carbocycles. The fraction of sp³-hybridized carbons (Fsp3) is 0. The Morgan fingerprint density at radius 1 is 0.389 bits per heavy atom. The lowest BCUT2D eigenvalue weighted by Crippen LogP contribution is -1.95. The average Bonchev–Trinajstić information content (AvgIpc) is 3.75. The number of nitriles is 1. The van der Waals surface area contributed by atoms with Crippen LogP contribution in [0.5, 0.6) is 0 Å². The van der Waals surface area contributed by atoms with E-state index < -0.39 is 0 Å². The van der Waals surface area contributed by atoms with Crippen molar-refractivity contribution in [2.24, 2.45) is 0 Å². The average molecular weight is 687 g/mol. The Kier molecular flexibility index (Phi) is 7.22. The van der Waals surface area contributed by atoms with Crippen LogP contribution in [0.15, 0.2) is 182 Å². The summed E-state index contributed by atoms with van der Waals surface area (Å²) >= 11 is 0. The molecule has 0 spiro atoms. The lowest BCUT2D eigenvalue weighted by atomic mass is 9.98. The van der Waals surface area contributed by atoms with Crippen molar-refractivity contribution in [2.45, 2.75) is 0 Å². The normalized spacial score (nSPS) is 11.3. The summed E-state index contributed by atoms with van der Waals surface area (Å²) in [5, 5.41) is 14.5. The van der Waals surface area contributed by atoms with Gasteiger partial charge in [-0.15, -0.1) is 0 Å². The maximum Gasteiger partial charge on any atom is 0.190 e. The van der Waals surface area contributed by atoms with E-state index in [-0.39, 0.29) is 0 Å². The first-order valence-corrected chi connectivity index (χ1v) is 17.9. The molecular weight excluding hydrogens is 657 g/mol. The molecule has 10 aromatic rings. The van der Waals surface area contributed by atoms with Crippen molar-refractivity contribution < 1.29 is 0 Å². The highest BCUT2D eigenvalue weighted by molar-refractivity contribution is 6.14. The summed E-state index contributed by atoms with van der Waals surface area (Å²) in [7, 11) is 0. The van der Waals surface area contributed by atoms with Gasteiger partial charge < -0.3 is 9.13 Å². The van der Waals surface area contributed by atoms with Crippen molar-refractivity contribution in [3.8, 4) is 50.8 Å². The molecule has 0 bridgehead atoms. The molecule has 0 aliphatic rings. The van der Waals surface area contributed by atoms with Crippen LogP contribution in [-0.2, 0) is 0 Å². The number of hydrogen-bond acceptors (Lipinski definition) is 1. The molecule has 0 saturated heterocycles. The predicted octanol–water partition coefficient (Wildman–Crippen LogP) is 13.3. The Bertz CT molecular complexity index is 3120. The summed E-state index contributed by atoms with van der Waals surface area (Å²) in [4.78, 5) is 3.69. The van der Waals surface area contributed by atoms with E-state index >= 15 is 0 Å². The van der Waals surface area contributed by atoms with E-state index in [0.717, 1.165) is 61.0 Å². The van der Waals surface area contributed by atoms with Gasteiger partial charge in [0.2, 0.25) is 0 Å². The second kappa shape index (κ2) is 12.5. The van der Waals surface area contributed by atoms with E-state index in [4.69, 9.17) is 6.57 Å². The SMILES string of the molecule is [C-]#[N+]c1cc(C#N)cc(-n2c3ccc(-c4ccccc4)cc3c3cc(-c4ccc5c(c4)c4cc(-c6ccccc6)ccc4n5-c4ccccc4)ccc32)c1. The second-order valence-electron chi connectivity index (χ2n) is 13.6. The fourth-order valence-electron chi connectivity index (χ4n) is 8.01. The van der Waals surface area contributed by atoms with Gasteiger partial charge in [0.1, 0.15) is 0 Å². The van der Waals surface area contributed by atoms with Crippen LogP contribution in [0, 0.1) is 17.9 Å². The minimum absolute atomic E-state index is 0.440. The predicted molar refractivity (Wildman–Crippen MR) is 222 cm³/mol. The summed E-state index contributed by atoms with van der Waals surface area (Å²) in [6, 6.07) is 66.0. The molecule has 0 aliphatic carbocycles. The first kappa shape index (κ1) is 31.1. The van der Waals surface area contributed by atoms with E-state index in [9.17, 15) is 5.26 Å². The van der Waals surface area contributed by atoms with Crippen molar-refractivity contribution in [3.05, 3.63) is 199 Å². The Morgan fingerprint density at radius 2 is 0.778 bits per heavy atom. The van der Waals surface area contributed by atoms with E-state index in [2.05, 4.69) is 178 Å². The van der Waals surface area contributed by atoms with E-state index in [1.54, 1.807) is 6.07 Å². The highest BCUT2D eigenvalue weighted by Crippen LogP contribution is 2.40. The molecule has 0 atom stereocenters. The van der Waals surface area contributed by atoms with Gasteiger partial charge in [0.25, 0.3) is 0 Å². The molecule has 4 heteroatoms. The van der Waals surface area contributed by atoms with E-state index in [0.29, 0.717) is 11.3 Å². The molecule has 0 fully saturated rings. The van der Waals surface area contributed by atoms with Crippen molar-refractivity contribution in [2.75, 3.05) is 0 Å². The quantitative estimate of drug-likeness (QED) is 0.166. The number of para-hydroxylation sites is 1. The summed E-state index contributed by atoms with van der Waals surface area (Å²) in [5.74, 6) is 0. The maximum atomic E-state index is 9.85. The van der Waals surface area contributed by atoms with Gasteiger partial charge >= 0.3 is 0 Å².